The summed E-state index contributed by atoms with van der Waals surface area (Å²) in [5.74, 6) is -0.948. The highest BCUT2D eigenvalue weighted by atomic mass is 16.3. The molecule has 7 heteroatoms. The van der Waals surface area contributed by atoms with Gasteiger partial charge in [0, 0.05) is 11.8 Å². The number of nitrogen functional groups attached to an aromatic ring is 1. The van der Waals surface area contributed by atoms with Crippen LogP contribution in [-0.4, -0.2) is 32.3 Å². The molecule has 0 saturated carbocycles. The summed E-state index contributed by atoms with van der Waals surface area (Å²) in [5.41, 5.74) is 4.57. The second-order valence-corrected chi connectivity index (χ2v) is 2.51. The van der Waals surface area contributed by atoms with Crippen molar-refractivity contribution in [1.82, 2.24) is 9.55 Å². The average molecular weight is 199 g/mol. The van der Waals surface area contributed by atoms with Crippen LogP contribution < -0.4 is 11.4 Å². The van der Waals surface area contributed by atoms with Crippen LogP contribution in [0.25, 0.3) is 0 Å². The Morgan fingerprint density at radius 1 is 1.57 bits per heavy atom. The summed E-state index contributed by atoms with van der Waals surface area (Å²) in [6.45, 7) is -1.24. The van der Waals surface area contributed by atoms with Crippen LogP contribution in [-0.2, 0) is 6.61 Å². The van der Waals surface area contributed by atoms with Crippen LogP contribution >= 0.6 is 0 Å². The molecule has 0 aliphatic rings. The number of hydrogen-bond acceptors (Lipinski definition) is 6. The Morgan fingerprint density at radius 2 is 2.21 bits per heavy atom. The van der Waals surface area contributed by atoms with E-state index in [0.717, 1.165) is 6.20 Å². The van der Waals surface area contributed by atoms with Crippen LogP contribution in [0.3, 0.4) is 0 Å². The van der Waals surface area contributed by atoms with Crippen molar-refractivity contribution >= 4 is 11.7 Å². The van der Waals surface area contributed by atoms with E-state index in [0.29, 0.717) is 4.57 Å². The van der Waals surface area contributed by atoms with E-state index in [2.05, 4.69) is 4.98 Å². The molecule has 0 unspecified atom stereocenters. The third-order valence-corrected chi connectivity index (χ3v) is 1.61. The van der Waals surface area contributed by atoms with Gasteiger partial charge in [0.15, 0.2) is 0 Å². The molecule has 0 amide bonds. The van der Waals surface area contributed by atoms with E-state index in [4.69, 9.17) is 15.9 Å². The van der Waals surface area contributed by atoms with Gasteiger partial charge in [-0.1, -0.05) is 0 Å². The number of nitrogens with zero attached hydrogens (tertiary/aromatic N) is 2. The van der Waals surface area contributed by atoms with Crippen molar-refractivity contribution in [1.29, 1.82) is 0 Å². The number of carbonyl (C=O) groups excluding carboxylic acids is 1. The molecule has 4 N–H and O–H groups in total. The van der Waals surface area contributed by atoms with Crippen molar-refractivity contribution in [2.45, 2.75) is 6.61 Å². The highest BCUT2D eigenvalue weighted by molar-refractivity contribution is 5.79. The molecule has 0 aliphatic heterocycles. The van der Waals surface area contributed by atoms with Gasteiger partial charge in [0.25, 0.3) is 5.91 Å². The fraction of sp³-hybridized carbons (Fsp3) is 0.286. The van der Waals surface area contributed by atoms with E-state index < -0.39 is 24.8 Å². The minimum absolute atomic E-state index is 0.125. The van der Waals surface area contributed by atoms with E-state index in [-0.39, 0.29) is 11.4 Å². The lowest BCUT2D eigenvalue weighted by molar-refractivity contribution is 0.0811. The Balaban J connectivity index is 3.31. The molecule has 76 valence electrons. The molecule has 0 atom stereocenters. The molecule has 1 aromatic heterocycles. The zero-order valence-corrected chi connectivity index (χ0v) is 7.17. The number of aromatic nitrogens is 2. The number of aliphatic hydroxyl groups is 2. The fourth-order valence-electron chi connectivity index (χ4n) is 0.883. The van der Waals surface area contributed by atoms with Crippen molar-refractivity contribution in [3.8, 4) is 0 Å². The van der Waals surface area contributed by atoms with Gasteiger partial charge in [0.1, 0.15) is 12.4 Å². The number of anilines is 1. The fourth-order valence-corrected chi connectivity index (χ4v) is 0.883. The summed E-state index contributed by atoms with van der Waals surface area (Å²) in [6.07, 6.45) is 1.06. The molecule has 0 fully saturated rings. The van der Waals surface area contributed by atoms with Gasteiger partial charge in [0.05, 0.1) is 6.61 Å². The second kappa shape index (κ2) is 3.99. The standard InChI is InChI=1S/C7H9N3O4/c8-6-4(2-11)1-10(5(13)3-12)7(14)9-6/h1,11-12H,2-3H2,(H2,8,9,14). The lowest BCUT2D eigenvalue weighted by Crippen LogP contribution is -2.31. The molecule has 1 heterocycles. The first-order valence-corrected chi connectivity index (χ1v) is 3.73. The Hall–Kier alpha value is -1.73. The Morgan fingerprint density at radius 3 is 2.71 bits per heavy atom. The molecule has 1 aromatic rings. The van der Waals surface area contributed by atoms with E-state index in [1.807, 2.05) is 0 Å². The molecule has 0 saturated heterocycles. The largest absolute Gasteiger partial charge is 0.391 e. The molecule has 0 spiro atoms. The zero-order chi connectivity index (χ0) is 10.7. The summed E-state index contributed by atoms with van der Waals surface area (Å²) in [4.78, 5) is 25.3. The first-order chi connectivity index (χ1) is 6.60. The number of rotatable bonds is 2. The summed E-state index contributed by atoms with van der Waals surface area (Å²) in [7, 11) is 0. The minimum Gasteiger partial charge on any atom is -0.391 e. The van der Waals surface area contributed by atoms with Crippen molar-refractivity contribution in [3.63, 3.8) is 0 Å². The number of nitrogens with two attached hydrogens (primary N) is 1. The molecule has 0 aromatic carbocycles. The first kappa shape index (κ1) is 10.4. The highest BCUT2D eigenvalue weighted by Crippen LogP contribution is 2.03. The average Bonchev–Trinajstić information content (AvgIpc) is 2.17. The summed E-state index contributed by atoms with van der Waals surface area (Å²) >= 11 is 0. The maximum Gasteiger partial charge on any atom is 0.356 e. The Labute approximate surface area is 78.4 Å². The highest BCUT2D eigenvalue weighted by Gasteiger charge is 2.09. The lowest BCUT2D eigenvalue weighted by Gasteiger charge is -2.04. The van der Waals surface area contributed by atoms with Gasteiger partial charge < -0.3 is 15.9 Å². The van der Waals surface area contributed by atoms with Gasteiger partial charge in [-0.25, -0.2) is 9.36 Å². The van der Waals surface area contributed by atoms with Crippen molar-refractivity contribution in [3.05, 3.63) is 22.2 Å². The van der Waals surface area contributed by atoms with Crippen LogP contribution in [0.5, 0.6) is 0 Å². The van der Waals surface area contributed by atoms with Gasteiger partial charge in [0.2, 0.25) is 0 Å². The van der Waals surface area contributed by atoms with E-state index in [9.17, 15) is 9.59 Å². The number of hydrogen-bond donors (Lipinski definition) is 3. The van der Waals surface area contributed by atoms with Crippen molar-refractivity contribution in [2.75, 3.05) is 12.3 Å². The van der Waals surface area contributed by atoms with Crippen molar-refractivity contribution < 1.29 is 15.0 Å². The molecule has 0 radical (unpaired) electrons. The van der Waals surface area contributed by atoms with Crippen LogP contribution in [0, 0.1) is 0 Å². The van der Waals surface area contributed by atoms with E-state index >= 15 is 0 Å². The molecular formula is C7H9N3O4. The monoisotopic (exact) mass is 199 g/mol. The van der Waals surface area contributed by atoms with Crippen molar-refractivity contribution in [2.24, 2.45) is 0 Å². The SMILES string of the molecule is Nc1nc(=O)n(C(=O)CO)cc1CO. The van der Waals surface area contributed by atoms with Crippen LogP contribution in [0.4, 0.5) is 5.82 Å². The van der Waals surface area contributed by atoms with Crippen LogP contribution in [0.15, 0.2) is 11.0 Å². The first-order valence-electron chi connectivity index (χ1n) is 3.73. The second-order valence-electron chi connectivity index (χ2n) is 2.51. The normalized spacial score (nSPS) is 10.1. The third kappa shape index (κ3) is 1.78. The number of carbonyl (C=O) groups is 1. The minimum atomic E-state index is -0.876. The van der Waals surface area contributed by atoms with E-state index in [1.165, 1.54) is 0 Å². The number of aliphatic hydroxyl groups excluding tert-OH is 2. The summed E-state index contributed by atoms with van der Waals surface area (Å²) in [6, 6.07) is 0. The van der Waals surface area contributed by atoms with Gasteiger partial charge in [-0.05, 0) is 0 Å². The van der Waals surface area contributed by atoms with Crippen LogP contribution in [0.2, 0.25) is 0 Å². The molecular weight excluding hydrogens is 190 g/mol. The molecule has 0 aliphatic carbocycles. The quantitative estimate of drug-likeness (QED) is 0.504. The maximum atomic E-state index is 11.1. The Bertz CT molecular complexity index is 412. The van der Waals surface area contributed by atoms with Crippen LogP contribution in [0.1, 0.15) is 10.4 Å². The van der Waals surface area contributed by atoms with Gasteiger partial charge in [-0.2, -0.15) is 4.98 Å². The predicted octanol–water partition coefficient (Wildman–Crippen LogP) is -2.05. The summed E-state index contributed by atoms with van der Waals surface area (Å²) < 4.78 is 0.599. The zero-order valence-electron chi connectivity index (χ0n) is 7.17. The maximum absolute atomic E-state index is 11.1. The summed E-state index contributed by atoms with van der Waals surface area (Å²) in [5, 5.41) is 17.3. The smallest absolute Gasteiger partial charge is 0.356 e. The Kier molecular flexibility index (Phi) is 2.95. The van der Waals surface area contributed by atoms with Gasteiger partial charge in [-0.3, -0.25) is 4.79 Å². The van der Waals surface area contributed by atoms with Gasteiger partial charge >= 0.3 is 5.69 Å². The topological polar surface area (TPSA) is 118 Å². The molecule has 1 rings (SSSR count). The molecule has 14 heavy (non-hydrogen) atoms. The molecule has 7 nitrogen and oxygen atoms in total. The molecule has 0 bridgehead atoms. The lowest BCUT2D eigenvalue weighted by atomic mass is 10.3. The van der Waals surface area contributed by atoms with E-state index in [1.54, 1.807) is 0 Å². The third-order valence-electron chi connectivity index (χ3n) is 1.61. The predicted molar refractivity (Wildman–Crippen MR) is 46.5 cm³/mol. The van der Waals surface area contributed by atoms with Gasteiger partial charge in [-0.15, -0.1) is 0 Å².